The van der Waals surface area contributed by atoms with Crippen molar-refractivity contribution in [2.24, 2.45) is 0 Å². The largest absolute Gasteiger partial charge is 0.420 e. The zero-order valence-electron chi connectivity index (χ0n) is 18.5. The van der Waals surface area contributed by atoms with Crippen LogP contribution in [0.3, 0.4) is 0 Å². The van der Waals surface area contributed by atoms with Crippen LogP contribution in [-0.4, -0.2) is 25.5 Å². The van der Waals surface area contributed by atoms with E-state index < -0.39 is 5.69 Å². The molecule has 4 rings (SSSR count). The molecule has 9 heteroatoms. The van der Waals surface area contributed by atoms with E-state index >= 15 is 0 Å². The maximum atomic E-state index is 12.5. The maximum Gasteiger partial charge on any atom is 0.329 e. The average molecular weight is 464 g/mol. The van der Waals surface area contributed by atoms with E-state index in [0.717, 1.165) is 17.7 Å². The fourth-order valence-electron chi connectivity index (χ4n) is 3.41. The quantitative estimate of drug-likeness (QED) is 0.359. The summed E-state index contributed by atoms with van der Waals surface area (Å²) in [5.74, 6) is 2.40. The number of thioether (sulfide) groups is 1. The first-order valence-corrected chi connectivity index (χ1v) is 11.8. The van der Waals surface area contributed by atoms with Gasteiger partial charge in [-0.2, -0.15) is 11.8 Å². The molecule has 0 aliphatic rings. The average Bonchev–Trinajstić information content (AvgIpc) is 3.29. The van der Waals surface area contributed by atoms with E-state index in [1.807, 2.05) is 48.5 Å². The van der Waals surface area contributed by atoms with Crippen LogP contribution in [0.25, 0.3) is 11.5 Å². The van der Waals surface area contributed by atoms with Crippen LogP contribution in [-0.2, 0) is 18.7 Å². The molecule has 0 amide bonds. The van der Waals surface area contributed by atoms with E-state index in [1.54, 1.807) is 0 Å². The molecule has 0 atom stereocenters. The fourth-order valence-corrected chi connectivity index (χ4v) is 4.16. The van der Waals surface area contributed by atoms with E-state index in [0.29, 0.717) is 29.1 Å². The molecule has 170 valence electrons. The van der Waals surface area contributed by atoms with Crippen molar-refractivity contribution in [1.29, 1.82) is 0 Å². The van der Waals surface area contributed by atoms with Crippen LogP contribution in [0.2, 0.25) is 0 Å². The Morgan fingerprint density at radius 1 is 1.09 bits per heavy atom. The van der Waals surface area contributed by atoms with Gasteiger partial charge in [-0.05, 0) is 48.7 Å². The number of hydrogen-bond acceptors (Lipinski definition) is 7. The van der Waals surface area contributed by atoms with Crippen LogP contribution < -0.4 is 16.6 Å². The predicted molar refractivity (Wildman–Crippen MR) is 131 cm³/mol. The topological polar surface area (TPSA) is 106 Å². The number of nitrogens with one attached hydrogen (secondary N) is 2. The van der Waals surface area contributed by atoms with Gasteiger partial charge in [-0.3, -0.25) is 14.3 Å². The Hall–Kier alpha value is -3.59. The molecule has 8 nitrogen and oxygen atoms in total. The summed E-state index contributed by atoms with van der Waals surface area (Å²) in [5, 5.41) is 11.2. The number of benzene rings is 2. The number of H-pyrrole nitrogens is 1. The minimum absolute atomic E-state index is 0.281. The van der Waals surface area contributed by atoms with Crippen LogP contribution in [0.4, 0.5) is 11.5 Å². The Balaban J connectivity index is 1.34. The second-order valence-corrected chi connectivity index (χ2v) is 8.62. The van der Waals surface area contributed by atoms with E-state index in [2.05, 4.69) is 34.3 Å². The van der Waals surface area contributed by atoms with Gasteiger partial charge in [0.15, 0.2) is 0 Å². The number of aromatic nitrogens is 4. The van der Waals surface area contributed by atoms with Gasteiger partial charge in [0.05, 0.1) is 5.75 Å². The lowest BCUT2D eigenvalue weighted by molar-refractivity contribution is 0.528. The molecule has 0 bridgehead atoms. The molecule has 2 heterocycles. The highest BCUT2D eigenvalue weighted by Crippen LogP contribution is 2.20. The number of aromatic amines is 1. The number of rotatable bonds is 9. The Labute approximate surface area is 195 Å². The number of anilines is 2. The third-order valence-electron chi connectivity index (χ3n) is 5.20. The summed E-state index contributed by atoms with van der Waals surface area (Å²) in [6, 6.07) is 16.9. The lowest BCUT2D eigenvalue weighted by atomic mass is 10.1. The van der Waals surface area contributed by atoms with Crippen molar-refractivity contribution >= 4 is 23.3 Å². The molecule has 0 aliphatic carbocycles. The van der Waals surface area contributed by atoms with Gasteiger partial charge < -0.3 is 9.73 Å². The summed E-state index contributed by atoms with van der Waals surface area (Å²) in [7, 11) is 0. The van der Waals surface area contributed by atoms with Crippen molar-refractivity contribution in [2.45, 2.75) is 32.6 Å². The Bertz CT molecular complexity index is 1310. The van der Waals surface area contributed by atoms with Crippen molar-refractivity contribution < 1.29 is 4.42 Å². The first-order chi connectivity index (χ1) is 16.0. The normalized spacial score (nSPS) is 11.0. The van der Waals surface area contributed by atoms with Crippen molar-refractivity contribution in [3.63, 3.8) is 0 Å². The Morgan fingerprint density at radius 3 is 2.67 bits per heavy atom. The van der Waals surface area contributed by atoms with Gasteiger partial charge in [0.25, 0.3) is 5.56 Å². The monoisotopic (exact) mass is 463 g/mol. The van der Waals surface area contributed by atoms with Crippen LogP contribution in [0.15, 0.2) is 68.6 Å². The van der Waals surface area contributed by atoms with Crippen LogP contribution in [0, 0.1) is 6.92 Å². The Kier molecular flexibility index (Phi) is 7.09. The summed E-state index contributed by atoms with van der Waals surface area (Å²) in [6.07, 6.45) is 0.911. The van der Waals surface area contributed by atoms with Gasteiger partial charge in [-0.1, -0.05) is 31.2 Å². The molecule has 2 N–H and O–H groups in total. The minimum Gasteiger partial charge on any atom is -0.420 e. The van der Waals surface area contributed by atoms with E-state index in [9.17, 15) is 9.59 Å². The standard InChI is InChI=1S/C24H25N5O3S/c1-3-17-13-19(10-9-16(17)2)25-20-14-22(30)29(24(31)26-20)11-12-33-15-21-27-28-23(32-21)18-7-5-4-6-8-18/h4-10,13-14,25H,3,11-12,15H2,1-2H3,(H,26,31). The van der Waals surface area contributed by atoms with Crippen LogP contribution >= 0.6 is 11.8 Å². The molecular weight excluding hydrogens is 438 g/mol. The lowest BCUT2D eigenvalue weighted by Gasteiger charge is -2.11. The van der Waals surface area contributed by atoms with Gasteiger partial charge in [-0.15, -0.1) is 10.2 Å². The van der Waals surface area contributed by atoms with E-state index in [1.165, 1.54) is 33.5 Å². The van der Waals surface area contributed by atoms with Crippen LogP contribution in [0.5, 0.6) is 0 Å². The van der Waals surface area contributed by atoms with Gasteiger partial charge in [-0.25, -0.2) is 4.79 Å². The molecule has 0 saturated heterocycles. The zero-order valence-corrected chi connectivity index (χ0v) is 19.3. The number of aryl methyl sites for hydroxylation is 2. The second-order valence-electron chi connectivity index (χ2n) is 7.52. The maximum absolute atomic E-state index is 12.5. The molecule has 0 spiro atoms. The molecule has 0 saturated carbocycles. The number of hydrogen-bond donors (Lipinski definition) is 2. The molecule has 0 fully saturated rings. The van der Waals surface area contributed by atoms with Gasteiger partial charge in [0, 0.05) is 29.6 Å². The second kappa shape index (κ2) is 10.4. The third kappa shape index (κ3) is 5.61. The van der Waals surface area contributed by atoms with Crippen molar-refractivity contribution in [2.75, 3.05) is 11.1 Å². The lowest BCUT2D eigenvalue weighted by Crippen LogP contribution is -2.35. The van der Waals surface area contributed by atoms with Gasteiger partial charge in [0.1, 0.15) is 5.82 Å². The van der Waals surface area contributed by atoms with Gasteiger partial charge in [0.2, 0.25) is 11.8 Å². The molecule has 4 aromatic rings. The van der Waals surface area contributed by atoms with E-state index in [-0.39, 0.29) is 12.1 Å². The van der Waals surface area contributed by atoms with Crippen molar-refractivity contribution in [1.82, 2.24) is 19.7 Å². The smallest absolute Gasteiger partial charge is 0.329 e. The highest BCUT2D eigenvalue weighted by Gasteiger charge is 2.09. The molecule has 0 aliphatic heterocycles. The summed E-state index contributed by atoms with van der Waals surface area (Å²) < 4.78 is 6.87. The highest BCUT2D eigenvalue weighted by molar-refractivity contribution is 7.98. The predicted octanol–water partition coefficient (Wildman–Crippen LogP) is 4.13. The summed E-state index contributed by atoms with van der Waals surface area (Å²) >= 11 is 1.51. The SMILES string of the molecule is CCc1cc(Nc2cc(=O)n(CCSCc3nnc(-c4ccccc4)o3)c(=O)[nH]2)ccc1C. The van der Waals surface area contributed by atoms with E-state index in [4.69, 9.17) is 4.42 Å². The molecular formula is C24H25N5O3S. The molecule has 0 unspecified atom stereocenters. The van der Waals surface area contributed by atoms with Crippen molar-refractivity contribution in [3.05, 3.63) is 92.5 Å². The summed E-state index contributed by atoms with van der Waals surface area (Å²) in [5.41, 5.74) is 3.32. The molecule has 2 aromatic heterocycles. The molecule has 2 aromatic carbocycles. The summed E-state index contributed by atoms with van der Waals surface area (Å²) in [6.45, 7) is 4.43. The Morgan fingerprint density at radius 2 is 1.91 bits per heavy atom. The molecule has 0 radical (unpaired) electrons. The first-order valence-electron chi connectivity index (χ1n) is 10.7. The molecule has 33 heavy (non-hydrogen) atoms. The third-order valence-corrected chi connectivity index (χ3v) is 6.12. The highest BCUT2D eigenvalue weighted by atomic mass is 32.2. The van der Waals surface area contributed by atoms with Crippen molar-refractivity contribution in [3.8, 4) is 11.5 Å². The summed E-state index contributed by atoms with van der Waals surface area (Å²) in [4.78, 5) is 27.7. The fraction of sp³-hybridized carbons (Fsp3) is 0.250. The first kappa shape index (κ1) is 22.6. The van der Waals surface area contributed by atoms with Crippen LogP contribution in [0.1, 0.15) is 23.9 Å². The minimum atomic E-state index is -0.447. The number of nitrogens with zero attached hydrogens (tertiary/aromatic N) is 3. The zero-order chi connectivity index (χ0) is 23.2. The van der Waals surface area contributed by atoms with Gasteiger partial charge >= 0.3 is 5.69 Å².